The van der Waals surface area contributed by atoms with Crippen LogP contribution in [0.1, 0.15) is 27.6 Å². The number of para-hydroxylation sites is 1. The van der Waals surface area contributed by atoms with Gasteiger partial charge in [-0.05, 0) is 30.7 Å². The van der Waals surface area contributed by atoms with E-state index in [4.69, 9.17) is 16.1 Å². The Kier molecular flexibility index (Phi) is 4.39. The van der Waals surface area contributed by atoms with Crippen molar-refractivity contribution < 1.29 is 9.32 Å². The summed E-state index contributed by atoms with van der Waals surface area (Å²) < 4.78 is 5.14. The van der Waals surface area contributed by atoms with Crippen LogP contribution in [0.15, 0.2) is 53.1 Å². The summed E-state index contributed by atoms with van der Waals surface area (Å²) >= 11 is 6.06. The highest BCUT2D eigenvalue weighted by Crippen LogP contribution is 2.21. The number of nitrogens with one attached hydrogen (secondary N) is 1. The van der Waals surface area contributed by atoms with Crippen LogP contribution >= 0.6 is 11.6 Å². The second-order valence-corrected chi connectivity index (χ2v) is 5.41. The van der Waals surface area contributed by atoms with Crippen molar-refractivity contribution in [3.05, 3.63) is 76.4 Å². The minimum absolute atomic E-state index is 0.259. The molecule has 0 bridgehead atoms. The van der Waals surface area contributed by atoms with Gasteiger partial charge in [-0.1, -0.05) is 47.1 Å². The van der Waals surface area contributed by atoms with Crippen LogP contribution in [0.4, 0.5) is 5.69 Å². The Bertz CT molecular complexity index is 845. The molecular weight excluding hydrogens is 314 g/mol. The Labute approximate surface area is 138 Å². The van der Waals surface area contributed by atoms with Crippen LogP contribution in [-0.2, 0) is 6.42 Å². The predicted molar refractivity (Wildman–Crippen MR) is 87.7 cm³/mol. The minimum Gasteiger partial charge on any atom is -0.339 e. The monoisotopic (exact) mass is 327 g/mol. The van der Waals surface area contributed by atoms with Crippen molar-refractivity contribution >= 4 is 23.2 Å². The fourth-order valence-electron chi connectivity index (χ4n) is 2.21. The zero-order valence-corrected chi connectivity index (χ0v) is 13.2. The molecule has 0 saturated heterocycles. The van der Waals surface area contributed by atoms with Crippen LogP contribution in [0.25, 0.3) is 0 Å². The van der Waals surface area contributed by atoms with Crippen LogP contribution in [0.2, 0.25) is 5.02 Å². The number of anilines is 1. The Morgan fingerprint density at radius 2 is 1.91 bits per heavy atom. The quantitative estimate of drug-likeness (QED) is 0.789. The number of aromatic nitrogens is 2. The molecule has 3 aromatic rings. The maximum Gasteiger partial charge on any atom is 0.257 e. The van der Waals surface area contributed by atoms with E-state index in [1.54, 1.807) is 31.2 Å². The fourth-order valence-corrected chi connectivity index (χ4v) is 2.43. The van der Waals surface area contributed by atoms with Gasteiger partial charge in [0, 0.05) is 5.69 Å². The van der Waals surface area contributed by atoms with E-state index < -0.39 is 0 Å². The van der Waals surface area contributed by atoms with Crippen molar-refractivity contribution in [3.63, 3.8) is 0 Å². The number of hydrogen-bond acceptors (Lipinski definition) is 4. The van der Waals surface area contributed by atoms with Crippen molar-refractivity contribution in [1.82, 2.24) is 10.1 Å². The molecule has 116 valence electrons. The van der Waals surface area contributed by atoms with Gasteiger partial charge in [0.05, 0.1) is 17.0 Å². The minimum atomic E-state index is -0.259. The number of hydrogen-bond donors (Lipinski definition) is 1. The first-order valence-electron chi connectivity index (χ1n) is 7.06. The average molecular weight is 328 g/mol. The van der Waals surface area contributed by atoms with Crippen LogP contribution in [0.5, 0.6) is 0 Å². The SMILES string of the molecule is Cc1noc(Cc2ccccc2NC(=O)c2ccccc2Cl)n1. The van der Waals surface area contributed by atoms with Crippen molar-refractivity contribution in [2.24, 2.45) is 0 Å². The lowest BCUT2D eigenvalue weighted by molar-refractivity contribution is 0.102. The van der Waals surface area contributed by atoms with Crippen LogP contribution in [0, 0.1) is 6.92 Å². The van der Waals surface area contributed by atoms with E-state index in [2.05, 4.69) is 15.5 Å². The molecule has 6 heteroatoms. The highest BCUT2D eigenvalue weighted by atomic mass is 35.5. The molecule has 1 amide bonds. The fraction of sp³-hybridized carbons (Fsp3) is 0.118. The lowest BCUT2D eigenvalue weighted by atomic mass is 10.1. The van der Waals surface area contributed by atoms with Gasteiger partial charge in [-0.15, -0.1) is 0 Å². The summed E-state index contributed by atoms with van der Waals surface area (Å²) in [4.78, 5) is 16.6. The van der Waals surface area contributed by atoms with Gasteiger partial charge < -0.3 is 9.84 Å². The maximum atomic E-state index is 12.4. The number of benzene rings is 2. The van der Waals surface area contributed by atoms with E-state index in [1.807, 2.05) is 24.3 Å². The summed E-state index contributed by atoms with van der Waals surface area (Å²) in [6, 6.07) is 14.4. The largest absolute Gasteiger partial charge is 0.339 e. The van der Waals surface area contributed by atoms with Gasteiger partial charge in [-0.2, -0.15) is 4.98 Å². The van der Waals surface area contributed by atoms with Gasteiger partial charge in [-0.25, -0.2) is 0 Å². The second kappa shape index (κ2) is 6.62. The molecule has 3 rings (SSSR count). The third-order valence-electron chi connectivity index (χ3n) is 3.30. The van der Waals surface area contributed by atoms with E-state index in [-0.39, 0.29) is 5.91 Å². The first-order chi connectivity index (χ1) is 11.1. The Balaban J connectivity index is 1.83. The van der Waals surface area contributed by atoms with Crippen LogP contribution in [-0.4, -0.2) is 16.0 Å². The summed E-state index contributed by atoms with van der Waals surface area (Å²) in [7, 11) is 0. The smallest absolute Gasteiger partial charge is 0.257 e. The zero-order valence-electron chi connectivity index (χ0n) is 12.4. The van der Waals surface area contributed by atoms with Crippen molar-refractivity contribution in [2.45, 2.75) is 13.3 Å². The van der Waals surface area contributed by atoms with Gasteiger partial charge in [0.2, 0.25) is 5.89 Å². The number of nitrogens with zero attached hydrogens (tertiary/aromatic N) is 2. The average Bonchev–Trinajstić information content (AvgIpc) is 2.95. The highest BCUT2D eigenvalue weighted by Gasteiger charge is 2.13. The van der Waals surface area contributed by atoms with E-state index in [0.29, 0.717) is 34.4 Å². The number of amides is 1. The van der Waals surface area contributed by atoms with Crippen molar-refractivity contribution in [2.75, 3.05) is 5.32 Å². The molecule has 0 unspecified atom stereocenters. The summed E-state index contributed by atoms with van der Waals surface area (Å²) in [5.74, 6) is 0.823. The zero-order chi connectivity index (χ0) is 16.2. The molecule has 0 spiro atoms. The maximum absolute atomic E-state index is 12.4. The molecule has 0 saturated carbocycles. The van der Waals surface area contributed by atoms with Crippen molar-refractivity contribution in [3.8, 4) is 0 Å². The van der Waals surface area contributed by atoms with Gasteiger partial charge in [-0.3, -0.25) is 4.79 Å². The standard InChI is InChI=1S/C17H14ClN3O2/c1-11-19-16(23-21-11)10-12-6-2-5-9-15(12)20-17(22)13-7-3-4-8-14(13)18/h2-9H,10H2,1H3,(H,20,22). The number of halogens is 1. The Hall–Kier alpha value is -2.66. The molecule has 0 atom stereocenters. The lowest BCUT2D eigenvalue weighted by Gasteiger charge is -2.10. The molecule has 0 radical (unpaired) electrons. The van der Waals surface area contributed by atoms with Crippen molar-refractivity contribution in [1.29, 1.82) is 0 Å². The Morgan fingerprint density at radius 3 is 2.65 bits per heavy atom. The molecule has 0 fully saturated rings. The first-order valence-corrected chi connectivity index (χ1v) is 7.44. The van der Waals surface area contributed by atoms with E-state index >= 15 is 0 Å². The molecule has 0 aliphatic rings. The normalized spacial score (nSPS) is 10.5. The summed E-state index contributed by atoms with van der Waals surface area (Å²) in [5, 5.41) is 7.07. The van der Waals surface area contributed by atoms with Crippen LogP contribution in [0.3, 0.4) is 0 Å². The molecule has 1 heterocycles. The molecule has 5 nitrogen and oxygen atoms in total. The first kappa shape index (κ1) is 15.2. The molecule has 1 N–H and O–H groups in total. The molecular formula is C17H14ClN3O2. The molecule has 2 aromatic carbocycles. The lowest BCUT2D eigenvalue weighted by Crippen LogP contribution is -2.14. The summed E-state index contributed by atoms with van der Waals surface area (Å²) in [6.07, 6.45) is 0.444. The highest BCUT2D eigenvalue weighted by molar-refractivity contribution is 6.34. The molecule has 1 aromatic heterocycles. The number of aryl methyl sites for hydroxylation is 1. The topological polar surface area (TPSA) is 68.0 Å². The molecule has 0 aliphatic carbocycles. The number of rotatable bonds is 4. The summed E-state index contributed by atoms with van der Waals surface area (Å²) in [6.45, 7) is 1.76. The van der Waals surface area contributed by atoms with Gasteiger partial charge >= 0.3 is 0 Å². The number of carbonyl (C=O) groups excluding carboxylic acids is 1. The van der Waals surface area contributed by atoms with E-state index in [0.717, 1.165) is 5.56 Å². The molecule has 23 heavy (non-hydrogen) atoms. The second-order valence-electron chi connectivity index (χ2n) is 5.00. The third-order valence-corrected chi connectivity index (χ3v) is 3.62. The van der Waals surface area contributed by atoms with Gasteiger partial charge in [0.1, 0.15) is 0 Å². The van der Waals surface area contributed by atoms with E-state index in [9.17, 15) is 4.79 Å². The van der Waals surface area contributed by atoms with Gasteiger partial charge in [0.15, 0.2) is 5.82 Å². The van der Waals surface area contributed by atoms with E-state index in [1.165, 1.54) is 0 Å². The number of carbonyl (C=O) groups is 1. The summed E-state index contributed by atoms with van der Waals surface area (Å²) in [5.41, 5.74) is 2.00. The third kappa shape index (κ3) is 3.57. The Morgan fingerprint density at radius 1 is 1.17 bits per heavy atom. The molecule has 0 aliphatic heterocycles. The van der Waals surface area contributed by atoms with Gasteiger partial charge in [0.25, 0.3) is 5.91 Å². The predicted octanol–water partition coefficient (Wildman–Crippen LogP) is 3.87. The van der Waals surface area contributed by atoms with Crippen LogP contribution < -0.4 is 5.32 Å².